The summed E-state index contributed by atoms with van der Waals surface area (Å²) < 4.78 is 5.25. The molecular formula is C15H17O+. The van der Waals surface area contributed by atoms with Gasteiger partial charge < -0.3 is 4.74 Å². The lowest BCUT2D eigenvalue weighted by molar-refractivity contribution is 0.184. The highest BCUT2D eigenvalue weighted by atomic mass is 16.5. The molecule has 0 saturated heterocycles. The maximum atomic E-state index is 5.25. The Kier molecular flexibility index (Phi) is 2.88. The summed E-state index contributed by atoms with van der Waals surface area (Å²) >= 11 is 0. The highest BCUT2D eigenvalue weighted by molar-refractivity contribution is 5.81. The van der Waals surface area contributed by atoms with E-state index in [1.165, 1.54) is 27.8 Å². The van der Waals surface area contributed by atoms with E-state index in [1.54, 1.807) is 7.11 Å². The van der Waals surface area contributed by atoms with Gasteiger partial charge in [-0.25, -0.2) is 0 Å². The number of allylic oxidation sites excluding steroid dienone is 3. The van der Waals surface area contributed by atoms with Gasteiger partial charge in [-0.15, -0.1) is 0 Å². The SMILES string of the molecule is C=C1C=C(C)[CH+]c2c(COC)cc(C)cc21. The Hall–Kier alpha value is -1.47. The molecular weight excluding hydrogens is 196 g/mol. The Morgan fingerprint density at radius 1 is 1.31 bits per heavy atom. The second-order valence-corrected chi connectivity index (χ2v) is 4.38. The summed E-state index contributed by atoms with van der Waals surface area (Å²) in [6, 6.07) is 4.38. The molecule has 1 heteroatoms. The van der Waals surface area contributed by atoms with E-state index in [1.807, 2.05) is 0 Å². The van der Waals surface area contributed by atoms with Gasteiger partial charge in [0.15, 0.2) is 0 Å². The zero-order valence-electron chi connectivity index (χ0n) is 10.1. The quantitative estimate of drug-likeness (QED) is 0.681. The van der Waals surface area contributed by atoms with E-state index in [2.05, 4.69) is 45.1 Å². The summed E-state index contributed by atoms with van der Waals surface area (Å²) in [5, 5.41) is 0. The Morgan fingerprint density at radius 3 is 2.75 bits per heavy atom. The van der Waals surface area contributed by atoms with Crippen molar-refractivity contribution in [3.8, 4) is 0 Å². The summed E-state index contributed by atoms with van der Waals surface area (Å²) in [7, 11) is 1.73. The van der Waals surface area contributed by atoms with Crippen molar-refractivity contribution in [2.24, 2.45) is 0 Å². The maximum absolute atomic E-state index is 5.25. The summed E-state index contributed by atoms with van der Waals surface area (Å²) in [4.78, 5) is 0. The number of methoxy groups -OCH3 is 1. The number of rotatable bonds is 2. The first-order chi connectivity index (χ1) is 7.61. The number of aryl methyl sites for hydroxylation is 1. The molecule has 0 aliphatic heterocycles. The standard InChI is InChI=1S/C15H17O/c1-10-5-12(3)14-7-11(2)6-13(9-16-4)15(14)8-10/h5-8H,3,9H2,1-2,4H3/q+1. The molecule has 0 N–H and O–H groups in total. The van der Waals surface area contributed by atoms with E-state index in [4.69, 9.17) is 4.74 Å². The highest BCUT2D eigenvalue weighted by Gasteiger charge is 2.23. The molecule has 0 spiro atoms. The van der Waals surface area contributed by atoms with Gasteiger partial charge in [0.1, 0.15) is 12.2 Å². The van der Waals surface area contributed by atoms with Crippen LogP contribution in [0.2, 0.25) is 0 Å². The van der Waals surface area contributed by atoms with Crippen molar-refractivity contribution < 1.29 is 4.74 Å². The van der Waals surface area contributed by atoms with Gasteiger partial charge >= 0.3 is 0 Å². The van der Waals surface area contributed by atoms with Crippen LogP contribution in [-0.2, 0) is 11.3 Å². The molecule has 1 nitrogen and oxygen atoms in total. The molecule has 1 aliphatic carbocycles. The van der Waals surface area contributed by atoms with Crippen molar-refractivity contribution in [2.45, 2.75) is 20.5 Å². The van der Waals surface area contributed by atoms with Gasteiger partial charge in [0.2, 0.25) is 0 Å². The Morgan fingerprint density at radius 2 is 2.06 bits per heavy atom. The third-order valence-electron chi connectivity index (χ3n) is 2.83. The van der Waals surface area contributed by atoms with Gasteiger partial charge in [-0.3, -0.25) is 0 Å². The molecule has 0 atom stereocenters. The Balaban J connectivity index is 2.56. The van der Waals surface area contributed by atoms with E-state index in [9.17, 15) is 0 Å². The molecule has 0 bridgehead atoms. The van der Waals surface area contributed by atoms with E-state index in [-0.39, 0.29) is 0 Å². The van der Waals surface area contributed by atoms with Crippen LogP contribution in [0, 0.1) is 13.3 Å². The fourth-order valence-electron chi connectivity index (χ4n) is 2.21. The smallest absolute Gasteiger partial charge is 0.110 e. The first kappa shape index (κ1) is 11.0. The molecule has 82 valence electrons. The highest BCUT2D eigenvalue weighted by Crippen LogP contribution is 2.33. The summed E-state index contributed by atoms with van der Waals surface area (Å²) in [6.07, 6.45) is 4.33. The van der Waals surface area contributed by atoms with Crippen LogP contribution in [0.25, 0.3) is 5.57 Å². The third kappa shape index (κ3) is 1.91. The molecule has 0 heterocycles. The van der Waals surface area contributed by atoms with Crippen molar-refractivity contribution in [2.75, 3.05) is 7.11 Å². The van der Waals surface area contributed by atoms with Gasteiger partial charge in [-0.05, 0) is 31.5 Å². The van der Waals surface area contributed by atoms with Crippen LogP contribution in [0.15, 0.2) is 30.4 Å². The molecule has 16 heavy (non-hydrogen) atoms. The van der Waals surface area contributed by atoms with Gasteiger partial charge in [0, 0.05) is 25.2 Å². The minimum absolute atomic E-state index is 0.654. The minimum atomic E-state index is 0.654. The number of ether oxygens (including phenoxy) is 1. The summed E-state index contributed by atoms with van der Waals surface area (Å²) in [5.41, 5.74) is 7.34. The van der Waals surface area contributed by atoms with Crippen molar-refractivity contribution in [1.82, 2.24) is 0 Å². The molecule has 1 aliphatic rings. The van der Waals surface area contributed by atoms with Crippen molar-refractivity contribution in [3.63, 3.8) is 0 Å². The third-order valence-corrected chi connectivity index (χ3v) is 2.83. The topological polar surface area (TPSA) is 9.23 Å². The summed E-state index contributed by atoms with van der Waals surface area (Å²) in [5.74, 6) is 0. The molecule has 1 aromatic rings. The first-order valence-electron chi connectivity index (χ1n) is 5.46. The monoisotopic (exact) mass is 213 g/mol. The molecule has 0 aromatic heterocycles. The van der Waals surface area contributed by atoms with Gasteiger partial charge in [-0.1, -0.05) is 6.58 Å². The Labute approximate surface area is 97.4 Å². The van der Waals surface area contributed by atoms with E-state index < -0.39 is 0 Å². The predicted octanol–water partition coefficient (Wildman–Crippen LogP) is 3.67. The molecule has 0 fully saturated rings. The van der Waals surface area contributed by atoms with E-state index in [0.29, 0.717) is 6.61 Å². The number of hydrogen-bond donors (Lipinski definition) is 0. The fourth-order valence-corrected chi connectivity index (χ4v) is 2.21. The number of hydrogen-bond acceptors (Lipinski definition) is 1. The van der Waals surface area contributed by atoms with Crippen molar-refractivity contribution in [3.05, 3.63) is 59.0 Å². The normalized spacial score (nSPS) is 14.2. The molecule has 0 amide bonds. The van der Waals surface area contributed by atoms with Crippen LogP contribution in [0.5, 0.6) is 0 Å². The van der Waals surface area contributed by atoms with Crippen molar-refractivity contribution >= 4 is 5.57 Å². The lowest BCUT2D eigenvalue weighted by Crippen LogP contribution is -2.04. The van der Waals surface area contributed by atoms with Crippen LogP contribution in [0.1, 0.15) is 29.2 Å². The average molecular weight is 213 g/mol. The molecule has 0 radical (unpaired) electrons. The zero-order valence-corrected chi connectivity index (χ0v) is 10.1. The molecule has 2 rings (SSSR count). The number of benzene rings is 1. The largest absolute Gasteiger partial charge is 0.370 e. The minimum Gasteiger partial charge on any atom is -0.370 e. The fraction of sp³-hybridized carbons (Fsp3) is 0.267. The van der Waals surface area contributed by atoms with Crippen LogP contribution >= 0.6 is 0 Å². The van der Waals surface area contributed by atoms with Crippen LogP contribution < -0.4 is 0 Å². The first-order valence-corrected chi connectivity index (χ1v) is 5.46. The maximum Gasteiger partial charge on any atom is 0.110 e. The predicted molar refractivity (Wildman–Crippen MR) is 68.1 cm³/mol. The lowest BCUT2D eigenvalue weighted by atomic mass is 9.85. The van der Waals surface area contributed by atoms with E-state index in [0.717, 1.165) is 5.57 Å². The van der Waals surface area contributed by atoms with Gasteiger partial charge in [0.05, 0.1) is 16.7 Å². The Bertz CT molecular complexity index is 467. The van der Waals surface area contributed by atoms with Crippen molar-refractivity contribution in [1.29, 1.82) is 0 Å². The second-order valence-electron chi connectivity index (χ2n) is 4.38. The van der Waals surface area contributed by atoms with Crippen LogP contribution in [0.3, 0.4) is 0 Å². The van der Waals surface area contributed by atoms with Crippen LogP contribution in [-0.4, -0.2) is 7.11 Å². The zero-order chi connectivity index (χ0) is 11.7. The van der Waals surface area contributed by atoms with E-state index >= 15 is 0 Å². The average Bonchev–Trinajstić information content (AvgIpc) is 2.20. The lowest BCUT2D eigenvalue weighted by Gasteiger charge is -2.13. The van der Waals surface area contributed by atoms with Gasteiger partial charge in [-0.2, -0.15) is 0 Å². The molecule has 0 unspecified atom stereocenters. The number of fused-ring (bicyclic) bond motifs is 1. The second kappa shape index (κ2) is 4.18. The van der Waals surface area contributed by atoms with Gasteiger partial charge in [0.25, 0.3) is 0 Å². The summed E-state index contributed by atoms with van der Waals surface area (Å²) in [6.45, 7) is 8.98. The molecule has 1 aromatic carbocycles. The van der Waals surface area contributed by atoms with Crippen LogP contribution in [0.4, 0.5) is 0 Å². The molecule has 0 saturated carbocycles.